The van der Waals surface area contributed by atoms with E-state index in [0.717, 1.165) is 35.8 Å². The van der Waals surface area contributed by atoms with Crippen molar-refractivity contribution in [2.24, 2.45) is 0 Å². The molecular formula is C15H23ClN2O. The predicted octanol–water partition coefficient (Wildman–Crippen LogP) is 3.00. The number of rotatable bonds is 7. The van der Waals surface area contributed by atoms with Crippen molar-refractivity contribution in [1.82, 2.24) is 10.2 Å². The maximum absolute atomic E-state index is 11.8. The Morgan fingerprint density at radius 1 is 1.32 bits per heavy atom. The van der Waals surface area contributed by atoms with Crippen LogP contribution in [0.2, 0.25) is 5.02 Å². The number of carbonyl (C=O) groups is 1. The van der Waals surface area contributed by atoms with E-state index in [1.165, 1.54) is 0 Å². The summed E-state index contributed by atoms with van der Waals surface area (Å²) in [6.07, 6.45) is 0.543. The fraction of sp³-hybridized carbons (Fsp3) is 0.533. The first-order valence-corrected chi connectivity index (χ1v) is 7.19. The molecule has 1 aromatic carbocycles. The molecule has 0 atom stereocenters. The molecule has 1 rings (SSSR count). The summed E-state index contributed by atoms with van der Waals surface area (Å²) < 4.78 is 0. The Bertz CT molecular complexity index is 417. The molecule has 0 spiro atoms. The van der Waals surface area contributed by atoms with E-state index in [2.05, 4.69) is 11.4 Å². The second-order valence-electron chi connectivity index (χ2n) is 4.58. The van der Waals surface area contributed by atoms with E-state index < -0.39 is 0 Å². The SMILES string of the molecule is CCN(CC)C(=O)CCNCc1ccc(C)c(Cl)c1. The Balaban J connectivity index is 2.31. The van der Waals surface area contributed by atoms with Crippen molar-refractivity contribution < 1.29 is 4.79 Å². The highest BCUT2D eigenvalue weighted by Crippen LogP contribution is 2.16. The van der Waals surface area contributed by atoms with E-state index in [0.29, 0.717) is 13.0 Å². The van der Waals surface area contributed by atoms with Gasteiger partial charge in [-0.05, 0) is 38.0 Å². The fourth-order valence-electron chi connectivity index (χ4n) is 1.91. The number of halogens is 1. The number of benzene rings is 1. The van der Waals surface area contributed by atoms with Crippen molar-refractivity contribution in [3.63, 3.8) is 0 Å². The van der Waals surface area contributed by atoms with Gasteiger partial charge in [0.15, 0.2) is 0 Å². The highest BCUT2D eigenvalue weighted by molar-refractivity contribution is 6.31. The number of aryl methyl sites for hydroxylation is 1. The van der Waals surface area contributed by atoms with Gasteiger partial charge in [0.25, 0.3) is 0 Å². The van der Waals surface area contributed by atoms with E-state index in [4.69, 9.17) is 11.6 Å². The van der Waals surface area contributed by atoms with Crippen LogP contribution in [-0.4, -0.2) is 30.4 Å². The van der Waals surface area contributed by atoms with Gasteiger partial charge in [0.05, 0.1) is 0 Å². The zero-order chi connectivity index (χ0) is 14.3. The van der Waals surface area contributed by atoms with Gasteiger partial charge in [-0.1, -0.05) is 23.7 Å². The zero-order valence-electron chi connectivity index (χ0n) is 12.0. The summed E-state index contributed by atoms with van der Waals surface area (Å²) in [6.45, 7) is 8.99. The van der Waals surface area contributed by atoms with Crippen molar-refractivity contribution in [2.45, 2.75) is 33.7 Å². The molecule has 1 aromatic rings. The molecule has 3 nitrogen and oxygen atoms in total. The van der Waals surface area contributed by atoms with Crippen LogP contribution >= 0.6 is 11.6 Å². The van der Waals surface area contributed by atoms with Gasteiger partial charge in [-0.25, -0.2) is 0 Å². The summed E-state index contributed by atoms with van der Waals surface area (Å²) in [4.78, 5) is 13.6. The van der Waals surface area contributed by atoms with Crippen LogP contribution in [0.5, 0.6) is 0 Å². The second kappa shape index (κ2) is 8.18. The van der Waals surface area contributed by atoms with Crippen LogP contribution in [0.4, 0.5) is 0 Å². The lowest BCUT2D eigenvalue weighted by Gasteiger charge is -2.18. The molecule has 0 aliphatic heterocycles. The van der Waals surface area contributed by atoms with Gasteiger partial charge in [-0.2, -0.15) is 0 Å². The molecule has 106 valence electrons. The summed E-state index contributed by atoms with van der Waals surface area (Å²) >= 11 is 6.07. The third-order valence-electron chi connectivity index (χ3n) is 3.20. The molecule has 0 fully saturated rings. The van der Waals surface area contributed by atoms with Crippen molar-refractivity contribution >= 4 is 17.5 Å². The lowest BCUT2D eigenvalue weighted by molar-refractivity contribution is -0.130. The Hall–Kier alpha value is -1.06. The summed E-state index contributed by atoms with van der Waals surface area (Å²) in [5, 5.41) is 4.07. The van der Waals surface area contributed by atoms with Gasteiger partial charge in [0, 0.05) is 37.6 Å². The molecule has 0 aliphatic rings. The molecular weight excluding hydrogens is 260 g/mol. The van der Waals surface area contributed by atoms with Crippen LogP contribution in [0.15, 0.2) is 18.2 Å². The molecule has 0 radical (unpaired) electrons. The number of carbonyl (C=O) groups excluding carboxylic acids is 1. The van der Waals surface area contributed by atoms with E-state index >= 15 is 0 Å². The molecule has 0 bridgehead atoms. The molecule has 1 amide bonds. The normalized spacial score (nSPS) is 10.5. The first-order valence-electron chi connectivity index (χ1n) is 6.82. The topological polar surface area (TPSA) is 32.3 Å². The first-order chi connectivity index (χ1) is 9.08. The van der Waals surface area contributed by atoms with Gasteiger partial charge in [-0.3, -0.25) is 4.79 Å². The van der Waals surface area contributed by atoms with Crippen LogP contribution in [0, 0.1) is 6.92 Å². The minimum atomic E-state index is 0.208. The molecule has 0 aliphatic carbocycles. The number of nitrogens with zero attached hydrogens (tertiary/aromatic N) is 1. The number of hydrogen-bond acceptors (Lipinski definition) is 2. The van der Waals surface area contributed by atoms with Crippen LogP contribution in [-0.2, 0) is 11.3 Å². The molecule has 0 aromatic heterocycles. The number of hydrogen-bond donors (Lipinski definition) is 1. The van der Waals surface area contributed by atoms with E-state index in [1.807, 2.05) is 37.8 Å². The monoisotopic (exact) mass is 282 g/mol. The summed E-state index contributed by atoms with van der Waals surface area (Å²) in [5.74, 6) is 0.208. The van der Waals surface area contributed by atoms with Gasteiger partial charge in [0.1, 0.15) is 0 Å². The molecule has 0 unspecified atom stereocenters. The maximum atomic E-state index is 11.8. The minimum Gasteiger partial charge on any atom is -0.343 e. The van der Waals surface area contributed by atoms with Crippen LogP contribution < -0.4 is 5.32 Å². The van der Waals surface area contributed by atoms with Gasteiger partial charge in [0.2, 0.25) is 5.91 Å². The van der Waals surface area contributed by atoms with E-state index in [-0.39, 0.29) is 5.91 Å². The predicted molar refractivity (Wildman–Crippen MR) is 80.4 cm³/mol. The van der Waals surface area contributed by atoms with Crippen LogP contribution in [0.25, 0.3) is 0 Å². The molecule has 1 N–H and O–H groups in total. The molecule has 0 saturated heterocycles. The van der Waals surface area contributed by atoms with Crippen molar-refractivity contribution in [3.05, 3.63) is 34.3 Å². The minimum absolute atomic E-state index is 0.208. The molecule has 19 heavy (non-hydrogen) atoms. The summed E-state index contributed by atoms with van der Waals surface area (Å²) in [7, 11) is 0. The standard InChI is InChI=1S/C15H23ClN2O/c1-4-18(5-2)15(19)8-9-17-11-13-7-6-12(3)14(16)10-13/h6-7,10,17H,4-5,8-9,11H2,1-3H3. The summed E-state index contributed by atoms with van der Waals surface area (Å²) in [5.41, 5.74) is 2.23. The maximum Gasteiger partial charge on any atom is 0.223 e. The Morgan fingerprint density at radius 2 is 2.00 bits per heavy atom. The lowest BCUT2D eigenvalue weighted by atomic mass is 10.1. The highest BCUT2D eigenvalue weighted by Gasteiger charge is 2.08. The van der Waals surface area contributed by atoms with Crippen molar-refractivity contribution in [1.29, 1.82) is 0 Å². The Morgan fingerprint density at radius 3 is 2.58 bits per heavy atom. The zero-order valence-corrected chi connectivity index (χ0v) is 12.8. The smallest absolute Gasteiger partial charge is 0.223 e. The van der Waals surface area contributed by atoms with Crippen LogP contribution in [0.3, 0.4) is 0 Å². The third kappa shape index (κ3) is 5.21. The molecule has 4 heteroatoms. The summed E-state index contributed by atoms with van der Waals surface area (Å²) in [6, 6.07) is 6.04. The Kier molecular flexibility index (Phi) is 6.89. The van der Waals surface area contributed by atoms with E-state index in [9.17, 15) is 4.79 Å². The molecule has 0 heterocycles. The van der Waals surface area contributed by atoms with Gasteiger partial charge >= 0.3 is 0 Å². The number of nitrogens with one attached hydrogen (secondary N) is 1. The largest absolute Gasteiger partial charge is 0.343 e. The lowest BCUT2D eigenvalue weighted by Crippen LogP contribution is -2.32. The van der Waals surface area contributed by atoms with Gasteiger partial charge < -0.3 is 10.2 Å². The second-order valence-corrected chi connectivity index (χ2v) is 4.98. The average molecular weight is 283 g/mol. The van der Waals surface area contributed by atoms with E-state index in [1.54, 1.807) is 0 Å². The third-order valence-corrected chi connectivity index (χ3v) is 3.60. The average Bonchev–Trinajstić information content (AvgIpc) is 2.40. The fourth-order valence-corrected chi connectivity index (χ4v) is 2.11. The highest BCUT2D eigenvalue weighted by atomic mass is 35.5. The Labute approximate surface area is 120 Å². The first kappa shape index (κ1) is 16.0. The van der Waals surface area contributed by atoms with Crippen molar-refractivity contribution in [2.75, 3.05) is 19.6 Å². The van der Waals surface area contributed by atoms with Crippen molar-refractivity contribution in [3.8, 4) is 0 Å². The quantitative estimate of drug-likeness (QED) is 0.780. The number of amides is 1. The molecule has 0 saturated carbocycles. The van der Waals surface area contributed by atoms with Crippen LogP contribution in [0.1, 0.15) is 31.4 Å². The van der Waals surface area contributed by atoms with Gasteiger partial charge in [-0.15, -0.1) is 0 Å².